The van der Waals surface area contributed by atoms with Crippen LogP contribution in [0.2, 0.25) is 0 Å². The van der Waals surface area contributed by atoms with Crippen LogP contribution >= 0.6 is 0 Å². The van der Waals surface area contributed by atoms with Crippen molar-refractivity contribution < 1.29 is 0 Å². The lowest BCUT2D eigenvalue weighted by Gasteiger charge is -2.58. The van der Waals surface area contributed by atoms with Crippen LogP contribution in [0.3, 0.4) is 0 Å². The van der Waals surface area contributed by atoms with E-state index in [4.69, 9.17) is 10.7 Å². The molecule has 5 aliphatic rings. The van der Waals surface area contributed by atoms with Gasteiger partial charge in [-0.1, -0.05) is 46.3 Å². The van der Waals surface area contributed by atoms with Gasteiger partial charge in [-0.2, -0.15) is 0 Å². The van der Waals surface area contributed by atoms with E-state index in [9.17, 15) is 0 Å². The minimum absolute atomic E-state index is 0.451. The molecule has 3 saturated carbocycles. The predicted molar refractivity (Wildman–Crippen MR) is 132 cm³/mol. The quantitative estimate of drug-likeness (QED) is 0.483. The standard InChI is InChI=1S/C29H48N2/c1-18(2)22-12-15-31-27(22)16-19(3)24-8-9-25-23-7-6-20-17-21(30)10-13-28(20,4)26(23)11-14-29(24,25)5/h7,18-22,24-26H,6,8-17,30H2,1-5H3/t19-,20?,21-,22?,24-,25?,26?,28+,29-/m1/s1. The van der Waals surface area contributed by atoms with E-state index in [-0.39, 0.29) is 0 Å². The highest BCUT2D eigenvalue weighted by Crippen LogP contribution is 2.66. The van der Waals surface area contributed by atoms with Crippen LogP contribution in [-0.4, -0.2) is 18.3 Å². The summed E-state index contributed by atoms with van der Waals surface area (Å²) >= 11 is 0. The second-order valence-electron chi connectivity index (χ2n) is 13.2. The first-order valence-corrected chi connectivity index (χ1v) is 13.7. The molecule has 2 nitrogen and oxygen atoms in total. The summed E-state index contributed by atoms with van der Waals surface area (Å²) in [4.78, 5) is 5.00. The van der Waals surface area contributed by atoms with Crippen LogP contribution in [-0.2, 0) is 0 Å². The molecule has 174 valence electrons. The molecule has 0 radical (unpaired) electrons. The van der Waals surface area contributed by atoms with Crippen LogP contribution in [0.5, 0.6) is 0 Å². The SMILES string of the molecule is CC(C)C1CCN=C1C[C@@H](C)[C@H]1CCC2C3=CCC4C[C@H](N)CC[C@]4(C)C3CC[C@@]21C. The van der Waals surface area contributed by atoms with Gasteiger partial charge in [0.2, 0.25) is 0 Å². The molecule has 0 aromatic carbocycles. The molecule has 0 saturated heterocycles. The highest BCUT2D eigenvalue weighted by molar-refractivity contribution is 5.88. The fraction of sp³-hybridized carbons (Fsp3) is 0.897. The van der Waals surface area contributed by atoms with Gasteiger partial charge in [0.1, 0.15) is 0 Å². The van der Waals surface area contributed by atoms with Crippen LogP contribution in [0.15, 0.2) is 16.6 Å². The van der Waals surface area contributed by atoms with E-state index >= 15 is 0 Å². The van der Waals surface area contributed by atoms with Crippen molar-refractivity contribution in [3.8, 4) is 0 Å². The van der Waals surface area contributed by atoms with Gasteiger partial charge in [0.25, 0.3) is 0 Å². The van der Waals surface area contributed by atoms with Gasteiger partial charge in [0, 0.05) is 24.2 Å². The van der Waals surface area contributed by atoms with Crippen molar-refractivity contribution >= 4 is 5.71 Å². The first kappa shape index (κ1) is 22.2. The molecule has 4 unspecified atom stereocenters. The number of fused-ring (bicyclic) bond motifs is 5. The van der Waals surface area contributed by atoms with Crippen molar-refractivity contribution in [2.75, 3.05) is 6.54 Å². The summed E-state index contributed by atoms with van der Waals surface area (Å²) in [7, 11) is 0. The fourth-order valence-electron chi connectivity index (χ4n) is 9.56. The molecule has 31 heavy (non-hydrogen) atoms. The Labute approximate surface area is 191 Å². The normalized spacial score (nSPS) is 48.0. The molecule has 0 aromatic rings. The van der Waals surface area contributed by atoms with Crippen molar-refractivity contribution in [3.05, 3.63) is 11.6 Å². The average Bonchev–Trinajstić information content (AvgIpc) is 3.32. The molecule has 0 spiro atoms. The molecule has 1 heterocycles. The Bertz CT molecular complexity index is 750. The summed E-state index contributed by atoms with van der Waals surface area (Å²) in [6, 6.07) is 0.451. The van der Waals surface area contributed by atoms with Gasteiger partial charge >= 0.3 is 0 Å². The van der Waals surface area contributed by atoms with Crippen LogP contribution < -0.4 is 5.73 Å². The van der Waals surface area contributed by atoms with Crippen molar-refractivity contribution in [1.29, 1.82) is 0 Å². The van der Waals surface area contributed by atoms with Crippen LogP contribution in [0.4, 0.5) is 0 Å². The van der Waals surface area contributed by atoms with E-state index in [1.165, 1.54) is 64.2 Å². The summed E-state index contributed by atoms with van der Waals surface area (Å²) in [5.41, 5.74) is 10.9. The third kappa shape index (κ3) is 3.49. The maximum absolute atomic E-state index is 6.39. The number of nitrogens with zero attached hydrogens (tertiary/aromatic N) is 1. The van der Waals surface area contributed by atoms with E-state index in [2.05, 4.69) is 40.7 Å². The third-order valence-corrected chi connectivity index (χ3v) is 11.4. The molecule has 9 atom stereocenters. The van der Waals surface area contributed by atoms with E-state index in [1.54, 1.807) is 5.71 Å². The molecular weight excluding hydrogens is 376 g/mol. The second kappa shape index (κ2) is 8.00. The Morgan fingerprint density at radius 2 is 1.74 bits per heavy atom. The largest absolute Gasteiger partial charge is 0.328 e. The van der Waals surface area contributed by atoms with E-state index in [0.717, 1.165) is 48.0 Å². The number of hydrogen-bond acceptors (Lipinski definition) is 2. The van der Waals surface area contributed by atoms with Gasteiger partial charge in [0.05, 0.1) is 0 Å². The lowest BCUT2D eigenvalue weighted by Crippen LogP contribution is -2.50. The highest BCUT2D eigenvalue weighted by Gasteiger charge is 2.58. The monoisotopic (exact) mass is 424 g/mol. The first-order chi connectivity index (χ1) is 14.7. The highest BCUT2D eigenvalue weighted by atomic mass is 14.8. The first-order valence-electron chi connectivity index (χ1n) is 13.7. The van der Waals surface area contributed by atoms with Crippen molar-refractivity contribution in [2.45, 2.75) is 105 Å². The number of hydrogen-bond donors (Lipinski definition) is 1. The topological polar surface area (TPSA) is 38.4 Å². The van der Waals surface area contributed by atoms with Crippen LogP contribution in [0.25, 0.3) is 0 Å². The zero-order valence-corrected chi connectivity index (χ0v) is 21.0. The van der Waals surface area contributed by atoms with Gasteiger partial charge in [-0.3, -0.25) is 4.99 Å². The molecule has 0 amide bonds. The molecule has 5 rings (SSSR count). The van der Waals surface area contributed by atoms with Gasteiger partial charge in [-0.05, 0) is 111 Å². The Balaban J connectivity index is 1.34. The van der Waals surface area contributed by atoms with Crippen LogP contribution in [0, 0.1) is 52.3 Å². The van der Waals surface area contributed by atoms with E-state index < -0.39 is 0 Å². The second-order valence-corrected chi connectivity index (χ2v) is 13.2. The van der Waals surface area contributed by atoms with E-state index in [1.807, 2.05) is 5.57 Å². The Kier molecular flexibility index (Phi) is 5.72. The number of rotatable bonds is 4. The lowest BCUT2D eigenvalue weighted by molar-refractivity contribution is -0.0110. The van der Waals surface area contributed by atoms with Crippen molar-refractivity contribution in [3.63, 3.8) is 0 Å². The molecule has 3 fully saturated rings. The van der Waals surface area contributed by atoms with E-state index in [0.29, 0.717) is 16.9 Å². The zero-order chi connectivity index (χ0) is 22.0. The fourth-order valence-corrected chi connectivity index (χ4v) is 9.56. The minimum Gasteiger partial charge on any atom is -0.328 e. The Morgan fingerprint density at radius 1 is 1.00 bits per heavy atom. The van der Waals surface area contributed by atoms with Gasteiger partial charge < -0.3 is 5.73 Å². The predicted octanol–water partition coefficient (Wildman–Crippen LogP) is 7.04. The third-order valence-electron chi connectivity index (χ3n) is 11.4. The number of nitrogens with two attached hydrogens (primary N) is 1. The van der Waals surface area contributed by atoms with Gasteiger partial charge in [-0.25, -0.2) is 0 Å². The smallest absolute Gasteiger partial charge is 0.0395 e. The zero-order valence-electron chi connectivity index (χ0n) is 21.0. The minimum atomic E-state index is 0.451. The van der Waals surface area contributed by atoms with Crippen molar-refractivity contribution in [2.24, 2.45) is 63.0 Å². The summed E-state index contributed by atoms with van der Waals surface area (Å²) in [5.74, 6) is 5.68. The summed E-state index contributed by atoms with van der Waals surface area (Å²) in [5, 5.41) is 0. The number of aliphatic imine (C=N–C) groups is 1. The average molecular weight is 425 g/mol. The summed E-state index contributed by atoms with van der Waals surface area (Å²) in [6.45, 7) is 13.8. The molecule has 4 aliphatic carbocycles. The molecular formula is C29H48N2. The molecule has 2 heteroatoms. The Morgan fingerprint density at radius 3 is 2.52 bits per heavy atom. The molecule has 1 aliphatic heterocycles. The maximum atomic E-state index is 6.39. The molecule has 2 N–H and O–H groups in total. The Hall–Kier alpha value is -0.630. The molecule has 0 bridgehead atoms. The lowest BCUT2D eigenvalue weighted by atomic mass is 9.47. The maximum Gasteiger partial charge on any atom is 0.0395 e. The summed E-state index contributed by atoms with van der Waals surface area (Å²) < 4.78 is 0. The molecule has 0 aromatic heterocycles. The van der Waals surface area contributed by atoms with Crippen molar-refractivity contribution in [1.82, 2.24) is 0 Å². The number of allylic oxidation sites excluding steroid dienone is 2. The van der Waals surface area contributed by atoms with Gasteiger partial charge in [0.15, 0.2) is 0 Å². The van der Waals surface area contributed by atoms with Gasteiger partial charge in [-0.15, -0.1) is 0 Å². The van der Waals surface area contributed by atoms with Crippen LogP contribution in [0.1, 0.15) is 98.8 Å². The summed E-state index contributed by atoms with van der Waals surface area (Å²) in [6.07, 6.45) is 16.2.